The molecule has 2 amide bonds. The van der Waals surface area contributed by atoms with E-state index in [-0.39, 0.29) is 12.6 Å². The quantitative estimate of drug-likeness (QED) is 0.740. The van der Waals surface area contributed by atoms with E-state index in [0.29, 0.717) is 36.8 Å². The van der Waals surface area contributed by atoms with Gasteiger partial charge < -0.3 is 29.5 Å². The Morgan fingerprint density at radius 2 is 1.96 bits per heavy atom. The lowest BCUT2D eigenvalue weighted by Gasteiger charge is -2.34. The highest BCUT2D eigenvalue weighted by molar-refractivity contribution is 5.75. The first-order valence-corrected chi connectivity index (χ1v) is 8.05. The van der Waals surface area contributed by atoms with Crippen molar-refractivity contribution in [3.8, 4) is 11.5 Å². The Labute approximate surface area is 142 Å². The van der Waals surface area contributed by atoms with Crippen LogP contribution in [0.5, 0.6) is 11.5 Å². The first-order chi connectivity index (χ1) is 11.6. The van der Waals surface area contributed by atoms with Crippen LogP contribution in [0, 0.1) is 0 Å². The van der Waals surface area contributed by atoms with Gasteiger partial charge in [0.05, 0.1) is 27.3 Å². The summed E-state index contributed by atoms with van der Waals surface area (Å²) in [5, 5.41) is 13.4. The molecule has 0 saturated heterocycles. The molecule has 2 rings (SSSR count). The standard InChI is InChI=1S/C17H26N2O5/c1-22-9-5-4-8-18-17(21)19-10-12-14(23-2)6-7-15(24-3)16(12)13(20)11-19/h6-7,13,20H,4-5,8-11H2,1-3H3,(H,18,21). The van der Waals surface area contributed by atoms with Gasteiger partial charge in [0.25, 0.3) is 0 Å². The number of methoxy groups -OCH3 is 3. The van der Waals surface area contributed by atoms with Crippen LogP contribution in [0.4, 0.5) is 4.79 Å². The smallest absolute Gasteiger partial charge is 0.317 e. The number of nitrogens with zero attached hydrogens (tertiary/aromatic N) is 1. The second-order valence-corrected chi connectivity index (χ2v) is 5.69. The molecule has 7 heteroatoms. The number of urea groups is 1. The highest BCUT2D eigenvalue weighted by Gasteiger charge is 2.31. The summed E-state index contributed by atoms with van der Waals surface area (Å²) in [7, 11) is 4.80. The molecule has 1 atom stereocenters. The van der Waals surface area contributed by atoms with Crippen molar-refractivity contribution in [2.24, 2.45) is 0 Å². The molecule has 134 valence electrons. The monoisotopic (exact) mass is 338 g/mol. The Bertz CT molecular complexity index is 564. The average molecular weight is 338 g/mol. The van der Waals surface area contributed by atoms with Crippen molar-refractivity contribution < 1.29 is 24.1 Å². The minimum absolute atomic E-state index is 0.193. The zero-order valence-electron chi connectivity index (χ0n) is 14.5. The number of aliphatic hydroxyl groups is 1. The molecule has 0 saturated carbocycles. The highest BCUT2D eigenvalue weighted by Crippen LogP contribution is 2.39. The Hall–Kier alpha value is -1.99. The summed E-state index contributed by atoms with van der Waals surface area (Å²) in [6.07, 6.45) is 0.940. The number of nitrogens with one attached hydrogen (secondary N) is 1. The number of carbonyl (C=O) groups excluding carboxylic acids is 1. The molecule has 2 N–H and O–H groups in total. The van der Waals surface area contributed by atoms with Gasteiger partial charge in [-0.1, -0.05) is 0 Å². The van der Waals surface area contributed by atoms with Crippen molar-refractivity contribution in [3.05, 3.63) is 23.3 Å². The Balaban J connectivity index is 2.06. The molecule has 1 aliphatic rings. The van der Waals surface area contributed by atoms with Crippen LogP contribution in [-0.2, 0) is 11.3 Å². The SMILES string of the molecule is COCCCCNC(=O)N1Cc2c(OC)ccc(OC)c2C(O)C1. The van der Waals surface area contributed by atoms with E-state index >= 15 is 0 Å². The molecule has 0 fully saturated rings. The predicted molar refractivity (Wildman–Crippen MR) is 89.4 cm³/mol. The first kappa shape index (κ1) is 18.4. The molecule has 7 nitrogen and oxygen atoms in total. The third-order valence-corrected chi connectivity index (χ3v) is 4.13. The van der Waals surface area contributed by atoms with Gasteiger partial charge in [-0.05, 0) is 25.0 Å². The van der Waals surface area contributed by atoms with Gasteiger partial charge in [-0.2, -0.15) is 0 Å². The zero-order chi connectivity index (χ0) is 17.5. The molecule has 1 aliphatic heterocycles. The largest absolute Gasteiger partial charge is 0.496 e. The average Bonchev–Trinajstić information content (AvgIpc) is 2.60. The van der Waals surface area contributed by atoms with Crippen molar-refractivity contribution in [1.82, 2.24) is 10.2 Å². The van der Waals surface area contributed by atoms with Crippen LogP contribution in [0.2, 0.25) is 0 Å². The number of amides is 2. The fourth-order valence-corrected chi connectivity index (χ4v) is 2.91. The number of ether oxygens (including phenoxy) is 3. The molecular formula is C17H26N2O5. The van der Waals surface area contributed by atoms with Gasteiger partial charge in [-0.15, -0.1) is 0 Å². The molecule has 1 heterocycles. The maximum atomic E-state index is 12.3. The molecule has 0 aliphatic carbocycles. The van der Waals surface area contributed by atoms with E-state index in [1.165, 1.54) is 0 Å². The topological polar surface area (TPSA) is 80.3 Å². The van der Waals surface area contributed by atoms with E-state index in [0.717, 1.165) is 18.4 Å². The predicted octanol–water partition coefficient (Wildman–Crippen LogP) is 1.69. The molecule has 24 heavy (non-hydrogen) atoms. The number of carbonyl (C=O) groups is 1. The minimum atomic E-state index is -0.807. The van der Waals surface area contributed by atoms with Crippen molar-refractivity contribution in [2.75, 3.05) is 41.0 Å². The van der Waals surface area contributed by atoms with Gasteiger partial charge in [-0.25, -0.2) is 4.79 Å². The number of rotatable bonds is 7. The maximum absolute atomic E-state index is 12.3. The van der Waals surface area contributed by atoms with Gasteiger partial charge in [0.15, 0.2) is 0 Å². The number of benzene rings is 1. The van der Waals surface area contributed by atoms with Crippen molar-refractivity contribution >= 4 is 6.03 Å². The normalized spacial score (nSPS) is 16.5. The third kappa shape index (κ3) is 4.10. The van der Waals surface area contributed by atoms with Gasteiger partial charge in [0, 0.05) is 31.4 Å². The lowest BCUT2D eigenvalue weighted by atomic mass is 9.95. The number of hydrogen-bond donors (Lipinski definition) is 2. The van der Waals surface area contributed by atoms with Gasteiger partial charge >= 0.3 is 6.03 Å². The summed E-state index contributed by atoms with van der Waals surface area (Å²) >= 11 is 0. The van der Waals surface area contributed by atoms with Crippen LogP contribution < -0.4 is 14.8 Å². The van der Waals surface area contributed by atoms with Crippen LogP contribution in [-0.4, -0.2) is 57.1 Å². The number of unbranched alkanes of at least 4 members (excludes halogenated alkanes) is 1. The van der Waals surface area contributed by atoms with Gasteiger partial charge in [0.1, 0.15) is 17.6 Å². The van der Waals surface area contributed by atoms with Crippen molar-refractivity contribution in [3.63, 3.8) is 0 Å². The fourth-order valence-electron chi connectivity index (χ4n) is 2.91. The number of fused-ring (bicyclic) bond motifs is 1. The van der Waals surface area contributed by atoms with Crippen LogP contribution in [0.1, 0.15) is 30.1 Å². The molecule has 0 bridgehead atoms. The van der Waals surface area contributed by atoms with Gasteiger partial charge in [0.2, 0.25) is 0 Å². The molecule has 1 aromatic rings. The lowest BCUT2D eigenvalue weighted by molar-refractivity contribution is 0.100. The zero-order valence-corrected chi connectivity index (χ0v) is 14.5. The molecular weight excluding hydrogens is 312 g/mol. The van der Waals surface area contributed by atoms with E-state index in [1.54, 1.807) is 38.4 Å². The second-order valence-electron chi connectivity index (χ2n) is 5.69. The third-order valence-electron chi connectivity index (χ3n) is 4.13. The summed E-state index contributed by atoms with van der Waals surface area (Å²) < 4.78 is 15.7. The Morgan fingerprint density at radius 1 is 1.25 bits per heavy atom. The number of hydrogen-bond acceptors (Lipinski definition) is 5. The van der Waals surface area contributed by atoms with Crippen molar-refractivity contribution in [2.45, 2.75) is 25.5 Å². The summed E-state index contributed by atoms with van der Waals surface area (Å²) in [6, 6.07) is 3.37. The van der Waals surface area contributed by atoms with E-state index in [9.17, 15) is 9.90 Å². The van der Waals surface area contributed by atoms with Crippen LogP contribution in [0.25, 0.3) is 0 Å². The Kier molecular flexibility index (Phi) is 6.69. The summed E-state index contributed by atoms with van der Waals surface area (Å²) in [5.41, 5.74) is 1.48. The first-order valence-electron chi connectivity index (χ1n) is 8.05. The van der Waals surface area contributed by atoms with Crippen LogP contribution in [0.3, 0.4) is 0 Å². The molecule has 1 unspecified atom stereocenters. The molecule has 0 aromatic heterocycles. The Morgan fingerprint density at radius 3 is 2.62 bits per heavy atom. The van der Waals surface area contributed by atoms with E-state index in [4.69, 9.17) is 14.2 Å². The van der Waals surface area contributed by atoms with Crippen molar-refractivity contribution in [1.29, 1.82) is 0 Å². The number of β-amino-alcohol motifs (C(OH)–C–C–N with tert-alkyl or cyclic N) is 1. The van der Waals surface area contributed by atoms with E-state index in [2.05, 4.69) is 5.32 Å². The number of aliphatic hydroxyl groups excluding tert-OH is 1. The fraction of sp³-hybridized carbons (Fsp3) is 0.588. The highest BCUT2D eigenvalue weighted by atomic mass is 16.5. The second kappa shape index (κ2) is 8.75. The molecule has 0 spiro atoms. The lowest BCUT2D eigenvalue weighted by Crippen LogP contribution is -2.44. The summed E-state index contributed by atoms with van der Waals surface area (Å²) in [6.45, 7) is 1.86. The summed E-state index contributed by atoms with van der Waals surface area (Å²) in [4.78, 5) is 13.9. The molecule has 1 aromatic carbocycles. The van der Waals surface area contributed by atoms with Crippen LogP contribution in [0.15, 0.2) is 12.1 Å². The van der Waals surface area contributed by atoms with E-state index < -0.39 is 6.10 Å². The minimum Gasteiger partial charge on any atom is -0.496 e. The maximum Gasteiger partial charge on any atom is 0.317 e. The molecule has 0 radical (unpaired) electrons. The van der Waals surface area contributed by atoms with Gasteiger partial charge in [-0.3, -0.25) is 0 Å². The van der Waals surface area contributed by atoms with Crippen LogP contribution >= 0.6 is 0 Å². The van der Waals surface area contributed by atoms with E-state index in [1.807, 2.05) is 0 Å². The summed E-state index contributed by atoms with van der Waals surface area (Å²) in [5.74, 6) is 1.25.